The van der Waals surface area contributed by atoms with Crippen molar-refractivity contribution in [1.82, 2.24) is 10.2 Å². The van der Waals surface area contributed by atoms with Crippen LogP contribution in [0, 0.1) is 5.92 Å². The number of nitrogens with two attached hydrogens (primary N) is 1. The smallest absolute Gasteiger partial charge is 0.242 e. The summed E-state index contributed by atoms with van der Waals surface area (Å²) in [5.41, 5.74) is 5.01. The number of aliphatic hydroxyl groups is 1. The first kappa shape index (κ1) is 15.3. The molecule has 0 aromatic carbocycles. The van der Waals surface area contributed by atoms with Crippen molar-refractivity contribution in [2.45, 2.75) is 57.2 Å². The van der Waals surface area contributed by atoms with Crippen molar-refractivity contribution in [2.75, 3.05) is 13.1 Å². The van der Waals surface area contributed by atoms with Gasteiger partial charge in [-0.2, -0.15) is 0 Å². The van der Waals surface area contributed by atoms with Gasteiger partial charge in [0.15, 0.2) is 0 Å². The number of aliphatic hydroxyl groups excluding tert-OH is 1. The fourth-order valence-electron chi connectivity index (χ4n) is 3.71. The molecule has 2 aliphatic heterocycles. The van der Waals surface area contributed by atoms with Crippen LogP contribution in [-0.2, 0) is 9.59 Å². The van der Waals surface area contributed by atoms with Gasteiger partial charge in [-0.05, 0) is 39.2 Å². The lowest BCUT2D eigenvalue weighted by Gasteiger charge is -2.46. The van der Waals surface area contributed by atoms with Gasteiger partial charge in [0.25, 0.3) is 0 Å². The third-order valence-electron chi connectivity index (χ3n) is 4.95. The van der Waals surface area contributed by atoms with E-state index in [1.807, 2.05) is 0 Å². The third-order valence-corrected chi connectivity index (χ3v) is 4.95. The Balaban J connectivity index is 1.97. The molecule has 114 valence electrons. The number of nitrogens with zero attached hydrogens (tertiary/aromatic N) is 1. The first-order valence-electron chi connectivity index (χ1n) is 7.45. The number of rotatable bonds is 6. The lowest BCUT2D eigenvalue weighted by Crippen LogP contribution is -2.71. The zero-order valence-corrected chi connectivity index (χ0v) is 12.3. The van der Waals surface area contributed by atoms with E-state index in [0.29, 0.717) is 12.5 Å². The van der Waals surface area contributed by atoms with Gasteiger partial charge in [0, 0.05) is 12.6 Å². The highest BCUT2D eigenvalue weighted by atomic mass is 16.3. The number of hydrogen-bond donors (Lipinski definition) is 3. The number of likely N-dealkylation sites (tertiary alicyclic amines) is 1. The molecule has 2 saturated heterocycles. The van der Waals surface area contributed by atoms with Crippen molar-refractivity contribution in [3.8, 4) is 0 Å². The van der Waals surface area contributed by atoms with E-state index >= 15 is 0 Å². The average molecular weight is 283 g/mol. The first-order chi connectivity index (χ1) is 9.42. The zero-order valence-electron chi connectivity index (χ0n) is 12.3. The summed E-state index contributed by atoms with van der Waals surface area (Å²) in [5, 5.41) is 12.4. The van der Waals surface area contributed by atoms with Crippen LogP contribution in [0.2, 0.25) is 0 Å². The standard InChI is InChI=1S/C14H25N3O3/c1-3-17-10(4-5-11(9(2)18)12(15)19)6-7-14(17)8-16-13(14)20/h9-11,18H,3-8H2,1-2H3,(H2,15,19)(H,16,20)/t9-,10?,11+,14?/m1/s1. The van der Waals surface area contributed by atoms with Crippen LogP contribution in [0.3, 0.4) is 0 Å². The maximum absolute atomic E-state index is 11.9. The van der Waals surface area contributed by atoms with Gasteiger partial charge in [0.05, 0.1) is 12.0 Å². The Kier molecular flexibility index (Phi) is 4.34. The summed E-state index contributed by atoms with van der Waals surface area (Å²) in [6.07, 6.45) is 2.50. The Labute approximate surface area is 119 Å². The summed E-state index contributed by atoms with van der Waals surface area (Å²) in [4.78, 5) is 25.4. The molecule has 2 rings (SSSR count). The topological polar surface area (TPSA) is 95.7 Å². The predicted molar refractivity (Wildman–Crippen MR) is 74.7 cm³/mol. The summed E-state index contributed by atoms with van der Waals surface area (Å²) in [6.45, 7) is 5.22. The average Bonchev–Trinajstić information content (AvgIpc) is 2.77. The molecule has 2 amide bonds. The van der Waals surface area contributed by atoms with E-state index in [2.05, 4.69) is 17.1 Å². The molecule has 6 heteroatoms. The summed E-state index contributed by atoms with van der Waals surface area (Å²) in [6, 6.07) is 0.298. The normalized spacial score (nSPS) is 32.8. The van der Waals surface area contributed by atoms with E-state index in [1.165, 1.54) is 0 Å². The minimum absolute atomic E-state index is 0.129. The van der Waals surface area contributed by atoms with E-state index in [9.17, 15) is 14.7 Å². The number of carbonyl (C=O) groups excluding carboxylic acids is 2. The van der Waals surface area contributed by atoms with Crippen LogP contribution in [0.5, 0.6) is 0 Å². The van der Waals surface area contributed by atoms with Crippen LogP contribution >= 0.6 is 0 Å². The maximum Gasteiger partial charge on any atom is 0.242 e. The second kappa shape index (κ2) is 5.69. The van der Waals surface area contributed by atoms with Crippen molar-refractivity contribution in [3.63, 3.8) is 0 Å². The number of amides is 2. The largest absolute Gasteiger partial charge is 0.393 e. The molecule has 4 atom stereocenters. The minimum Gasteiger partial charge on any atom is -0.393 e. The molecule has 2 fully saturated rings. The minimum atomic E-state index is -0.718. The molecule has 0 saturated carbocycles. The SMILES string of the molecule is CCN1C(CC[C@H](C(N)=O)[C@@H](C)O)CCC12CNC2=O. The Morgan fingerprint density at radius 1 is 1.65 bits per heavy atom. The van der Waals surface area contributed by atoms with Gasteiger partial charge >= 0.3 is 0 Å². The van der Waals surface area contributed by atoms with Crippen LogP contribution in [0.15, 0.2) is 0 Å². The van der Waals surface area contributed by atoms with E-state index in [1.54, 1.807) is 6.92 Å². The van der Waals surface area contributed by atoms with Gasteiger partial charge < -0.3 is 16.2 Å². The molecule has 0 radical (unpaired) electrons. The van der Waals surface area contributed by atoms with E-state index in [0.717, 1.165) is 32.4 Å². The highest BCUT2D eigenvalue weighted by Crippen LogP contribution is 2.39. The molecular weight excluding hydrogens is 258 g/mol. The first-order valence-corrected chi connectivity index (χ1v) is 7.45. The highest BCUT2D eigenvalue weighted by Gasteiger charge is 2.55. The molecular formula is C14H25N3O3. The van der Waals surface area contributed by atoms with Crippen molar-refractivity contribution >= 4 is 11.8 Å². The van der Waals surface area contributed by atoms with Crippen LogP contribution in [0.25, 0.3) is 0 Å². The maximum atomic E-state index is 11.9. The van der Waals surface area contributed by atoms with Gasteiger partial charge in [0.2, 0.25) is 11.8 Å². The molecule has 1 spiro atoms. The lowest BCUT2D eigenvalue weighted by atomic mass is 9.88. The van der Waals surface area contributed by atoms with Gasteiger partial charge in [-0.3, -0.25) is 14.5 Å². The summed E-state index contributed by atoms with van der Waals surface area (Å²) >= 11 is 0. The molecule has 0 aliphatic carbocycles. The molecule has 2 aliphatic rings. The zero-order chi connectivity index (χ0) is 14.9. The van der Waals surface area contributed by atoms with Gasteiger partial charge in [-0.15, -0.1) is 0 Å². The quantitative estimate of drug-likeness (QED) is 0.578. The Bertz CT molecular complexity index is 399. The molecule has 6 nitrogen and oxygen atoms in total. The van der Waals surface area contributed by atoms with Crippen molar-refractivity contribution in [2.24, 2.45) is 11.7 Å². The number of nitrogens with one attached hydrogen (secondary N) is 1. The number of β-lactam (4-membered cyclic amide) rings is 1. The summed E-state index contributed by atoms with van der Waals surface area (Å²) in [5.74, 6) is -0.818. The summed E-state index contributed by atoms with van der Waals surface area (Å²) in [7, 11) is 0. The van der Waals surface area contributed by atoms with E-state index in [4.69, 9.17) is 5.73 Å². The number of likely N-dealkylation sites (N-methyl/N-ethyl adjacent to an activating group) is 1. The molecule has 0 bridgehead atoms. The van der Waals surface area contributed by atoms with E-state index in [-0.39, 0.29) is 11.4 Å². The molecule has 2 unspecified atom stereocenters. The number of carbonyl (C=O) groups is 2. The molecule has 20 heavy (non-hydrogen) atoms. The molecule has 4 N–H and O–H groups in total. The fraction of sp³-hybridized carbons (Fsp3) is 0.857. The van der Waals surface area contributed by atoms with Gasteiger partial charge in [0.1, 0.15) is 5.54 Å². The Morgan fingerprint density at radius 2 is 2.35 bits per heavy atom. The van der Waals surface area contributed by atoms with Crippen molar-refractivity contribution in [3.05, 3.63) is 0 Å². The van der Waals surface area contributed by atoms with Crippen LogP contribution in [-0.4, -0.2) is 52.6 Å². The van der Waals surface area contributed by atoms with Crippen molar-refractivity contribution in [1.29, 1.82) is 0 Å². The Hall–Kier alpha value is -1.14. The second-order valence-corrected chi connectivity index (χ2v) is 6.02. The number of primary amides is 1. The third kappa shape index (κ3) is 2.42. The number of hydrogen-bond acceptors (Lipinski definition) is 4. The molecule has 2 heterocycles. The lowest BCUT2D eigenvalue weighted by molar-refractivity contribution is -0.142. The molecule has 0 aromatic rings. The monoisotopic (exact) mass is 283 g/mol. The van der Waals surface area contributed by atoms with Crippen LogP contribution in [0.4, 0.5) is 0 Å². The fourth-order valence-corrected chi connectivity index (χ4v) is 3.71. The van der Waals surface area contributed by atoms with Gasteiger partial charge in [-0.1, -0.05) is 6.92 Å². The predicted octanol–water partition coefficient (Wildman–Crippen LogP) is -0.398. The van der Waals surface area contributed by atoms with Gasteiger partial charge in [-0.25, -0.2) is 0 Å². The summed E-state index contributed by atoms with van der Waals surface area (Å²) < 4.78 is 0. The highest BCUT2D eigenvalue weighted by molar-refractivity contribution is 5.93. The second-order valence-electron chi connectivity index (χ2n) is 6.02. The molecule has 0 aromatic heterocycles. The van der Waals surface area contributed by atoms with Crippen molar-refractivity contribution < 1.29 is 14.7 Å². The van der Waals surface area contributed by atoms with Crippen LogP contribution < -0.4 is 11.1 Å². The van der Waals surface area contributed by atoms with Crippen LogP contribution in [0.1, 0.15) is 39.5 Å². The Morgan fingerprint density at radius 3 is 2.75 bits per heavy atom. The van der Waals surface area contributed by atoms with E-state index < -0.39 is 17.9 Å².